The van der Waals surface area contributed by atoms with Gasteiger partial charge in [0, 0.05) is 18.7 Å². The van der Waals surface area contributed by atoms with Crippen LogP contribution in [-0.4, -0.2) is 25.5 Å². The highest BCUT2D eigenvalue weighted by molar-refractivity contribution is 5.94. The molecule has 0 bridgehead atoms. The van der Waals surface area contributed by atoms with Gasteiger partial charge in [-0.25, -0.2) is 0 Å². The van der Waals surface area contributed by atoms with Crippen LogP contribution in [0.15, 0.2) is 30.3 Å². The fraction of sp³-hybridized carbons (Fsp3) is 0.462. The third-order valence-electron chi connectivity index (χ3n) is 2.18. The molecule has 1 aromatic rings. The van der Waals surface area contributed by atoms with E-state index in [4.69, 9.17) is 0 Å². The Morgan fingerprint density at radius 1 is 1.19 bits per heavy atom. The fourth-order valence-electron chi connectivity index (χ4n) is 1.35. The molecule has 1 amide bonds. The van der Waals surface area contributed by atoms with Crippen molar-refractivity contribution in [3.05, 3.63) is 35.9 Å². The quantitative estimate of drug-likeness (QED) is 0.716. The number of hydrogen-bond donors (Lipinski definition) is 2. The van der Waals surface area contributed by atoms with E-state index in [-0.39, 0.29) is 5.91 Å². The Kier molecular flexibility index (Phi) is 5.57. The van der Waals surface area contributed by atoms with Gasteiger partial charge in [-0.3, -0.25) is 4.79 Å². The molecule has 0 unspecified atom stereocenters. The number of nitrogens with one attached hydrogen (secondary N) is 2. The largest absolute Gasteiger partial charge is 0.351 e. The zero-order valence-corrected chi connectivity index (χ0v) is 9.99. The summed E-state index contributed by atoms with van der Waals surface area (Å²) in [5.41, 5.74) is 0.714. The lowest BCUT2D eigenvalue weighted by molar-refractivity contribution is 0.0954. The van der Waals surface area contributed by atoms with E-state index >= 15 is 0 Å². The van der Waals surface area contributed by atoms with Crippen LogP contribution in [0.5, 0.6) is 0 Å². The minimum Gasteiger partial charge on any atom is -0.351 e. The van der Waals surface area contributed by atoms with Crippen LogP contribution in [0.25, 0.3) is 0 Å². The third-order valence-corrected chi connectivity index (χ3v) is 2.18. The van der Waals surface area contributed by atoms with Crippen molar-refractivity contribution in [1.29, 1.82) is 0 Å². The maximum Gasteiger partial charge on any atom is 0.251 e. The average molecular weight is 220 g/mol. The minimum absolute atomic E-state index is 0.00746. The predicted octanol–water partition coefficient (Wildman–Crippen LogP) is 1.66. The lowest BCUT2D eigenvalue weighted by atomic mass is 10.2. The van der Waals surface area contributed by atoms with Crippen molar-refractivity contribution in [2.24, 2.45) is 5.92 Å². The van der Waals surface area contributed by atoms with E-state index in [0.717, 1.165) is 13.1 Å². The summed E-state index contributed by atoms with van der Waals surface area (Å²) in [4.78, 5) is 11.6. The third kappa shape index (κ3) is 4.94. The van der Waals surface area contributed by atoms with Crippen LogP contribution in [0.1, 0.15) is 24.2 Å². The molecule has 1 rings (SSSR count). The first kappa shape index (κ1) is 12.7. The topological polar surface area (TPSA) is 41.1 Å². The van der Waals surface area contributed by atoms with E-state index in [2.05, 4.69) is 24.5 Å². The maximum atomic E-state index is 11.6. The molecule has 0 saturated carbocycles. The van der Waals surface area contributed by atoms with Crippen LogP contribution in [0.4, 0.5) is 0 Å². The zero-order valence-electron chi connectivity index (χ0n) is 9.99. The molecular weight excluding hydrogens is 200 g/mol. The second-order valence-electron chi connectivity index (χ2n) is 4.22. The first-order chi connectivity index (χ1) is 7.70. The van der Waals surface area contributed by atoms with Crippen LogP contribution in [0.3, 0.4) is 0 Å². The van der Waals surface area contributed by atoms with Gasteiger partial charge in [0.05, 0.1) is 0 Å². The summed E-state index contributed by atoms with van der Waals surface area (Å²) in [6, 6.07) is 9.27. The molecule has 16 heavy (non-hydrogen) atoms. The van der Waals surface area contributed by atoms with Crippen LogP contribution >= 0.6 is 0 Å². The highest BCUT2D eigenvalue weighted by atomic mass is 16.1. The van der Waals surface area contributed by atoms with E-state index in [1.807, 2.05) is 30.3 Å². The number of hydrogen-bond acceptors (Lipinski definition) is 2. The van der Waals surface area contributed by atoms with Gasteiger partial charge in [-0.15, -0.1) is 0 Å². The molecule has 0 radical (unpaired) electrons. The average Bonchev–Trinajstić information content (AvgIpc) is 2.29. The van der Waals surface area contributed by atoms with Gasteiger partial charge in [-0.2, -0.15) is 0 Å². The Bertz CT molecular complexity index is 309. The van der Waals surface area contributed by atoms with Gasteiger partial charge < -0.3 is 10.6 Å². The Hall–Kier alpha value is -1.35. The standard InChI is InChI=1S/C13H20N2O/c1-11(2)10-14-8-9-15-13(16)12-6-4-3-5-7-12/h3-7,11,14H,8-10H2,1-2H3,(H,15,16). The van der Waals surface area contributed by atoms with Crippen molar-refractivity contribution in [2.75, 3.05) is 19.6 Å². The van der Waals surface area contributed by atoms with Crippen molar-refractivity contribution >= 4 is 5.91 Å². The maximum absolute atomic E-state index is 11.6. The smallest absolute Gasteiger partial charge is 0.251 e. The number of benzene rings is 1. The monoisotopic (exact) mass is 220 g/mol. The molecule has 0 atom stereocenters. The molecule has 0 aliphatic rings. The van der Waals surface area contributed by atoms with Gasteiger partial charge in [0.2, 0.25) is 0 Å². The molecule has 1 aromatic carbocycles. The van der Waals surface area contributed by atoms with Gasteiger partial charge in [-0.1, -0.05) is 32.0 Å². The highest BCUT2D eigenvalue weighted by Gasteiger charge is 2.02. The number of carbonyl (C=O) groups is 1. The summed E-state index contributed by atoms with van der Waals surface area (Å²) in [6.07, 6.45) is 0. The lowest BCUT2D eigenvalue weighted by Gasteiger charge is -2.08. The van der Waals surface area contributed by atoms with E-state index < -0.39 is 0 Å². The Morgan fingerprint density at radius 3 is 2.50 bits per heavy atom. The van der Waals surface area contributed by atoms with Crippen molar-refractivity contribution in [2.45, 2.75) is 13.8 Å². The lowest BCUT2D eigenvalue weighted by Crippen LogP contribution is -2.33. The Balaban J connectivity index is 2.16. The summed E-state index contributed by atoms with van der Waals surface area (Å²) >= 11 is 0. The van der Waals surface area contributed by atoms with Crippen LogP contribution in [-0.2, 0) is 0 Å². The second-order valence-corrected chi connectivity index (χ2v) is 4.22. The SMILES string of the molecule is CC(C)CNCCNC(=O)c1ccccc1. The van der Waals surface area contributed by atoms with Crippen LogP contribution in [0, 0.1) is 5.92 Å². The van der Waals surface area contributed by atoms with Crippen molar-refractivity contribution in [3.8, 4) is 0 Å². The Labute approximate surface area is 97.2 Å². The van der Waals surface area contributed by atoms with Gasteiger partial charge in [0.1, 0.15) is 0 Å². The predicted molar refractivity (Wildman–Crippen MR) is 66.5 cm³/mol. The van der Waals surface area contributed by atoms with E-state index in [1.165, 1.54) is 0 Å². The summed E-state index contributed by atoms with van der Waals surface area (Å²) < 4.78 is 0. The molecule has 0 fully saturated rings. The first-order valence-electron chi connectivity index (χ1n) is 5.74. The van der Waals surface area contributed by atoms with Gasteiger partial charge in [-0.05, 0) is 24.6 Å². The fourth-order valence-corrected chi connectivity index (χ4v) is 1.35. The van der Waals surface area contributed by atoms with Crippen molar-refractivity contribution < 1.29 is 4.79 Å². The Morgan fingerprint density at radius 2 is 1.88 bits per heavy atom. The van der Waals surface area contributed by atoms with Crippen molar-refractivity contribution in [1.82, 2.24) is 10.6 Å². The summed E-state index contributed by atoms with van der Waals surface area (Å²) in [5, 5.41) is 6.15. The molecule has 0 aliphatic carbocycles. The van der Waals surface area contributed by atoms with Gasteiger partial charge in [0.25, 0.3) is 5.91 Å². The molecule has 0 heterocycles. The van der Waals surface area contributed by atoms with E-state index in [0.29, 0.717) is 18.0 Å². The number of amides is 1. The summed E-state index contributed by atoms with van der Waals surface area (Å²) in [7, 11) is 0. The molecular formula is C13H20N2O. The molecule has 2 N–H and O–H groups in total. The van der Waals surface area contributed by atoms with Crippen LogP contribution < -0.4 is 10.6 Å². The number of rotatable bonds is 6. The molecule has 0 aliphatic heterocycles. The van der Waals surface area contributed by atoms with E-state index in [1.54, 1.807) is 0 Å². The highest BCUT2D eigenvalue weighted by Crippen LogP contribution is 1.96. The second kappa shape index (κ2) is 7.01. The molecule has 0 spiro atoms. The summed E-state index contributed by atoms with van der Waals surface area (Å²) in [5.74, 6) is 0.636. The normalized spacial score (nSPS) is 10.4. The zero-order chi connectivity index (χ0) is 11.8. The van der Waals surface area contributed by atoms with E-state index in [9.17, 15) is 4.79 Å². The van der Waals surface area contributed by atoms with Gasteiger partial charge in [0.15, 0.2) is 0 Å². The molecule has 3 heteroatoms. The molecule has 3 nitrogen and oxygen atoms in total. The molecule has 88 valence electrons. The number of carbonyl (C=O) groups excluding carboxylic acids is 1. The van der Waals surface area contributed by atoms with Crippen LogP contribution in [0.2, 0.25) is 0 Å². The molecule has 0 saturated heterocycles. The van der Waals surface area contributed by atoms with Gasteiger partial charge >= 0.3 is 0 Å². The molecule has 0 aromatic heterocycles. The van der Waals surface area contributed by atoms with Crippen molar-refractivity contribution in [3.63, 3.8) is 0 Å². The summed E-state index contributed by atoms with van der Waals surface area (Å²) in [6.45, 7) is 6.80. The minimum atomic E-state index is -0.00746. The first-order valence-corrected chi connectivity index (χ1v) is 5.74.